The number of nitrogens with two attached hydrogens (primary N) is 1. The summed E-state index contributed by atoms with van der Waals surface area (Å²) in [5, 5.41) is 16.5. The maximum absolute atomic E-state index is 13.5. The van der Waals surface area contributed by atoms with Crippen LogP contribution in [0, 0.1) is 5.92 Å². The number of hydrogen-bond acceptors (Lipinski definition) is 10. The fourth-order valence-corrected chi connectivity index (χ4v) is 8.42. The number of nitrogen functional groups attached to an aromatic ring is 1. The number of rotatable bonds is 8. The predicted octanol–water partition coefficient (Wildman–Crippen LogP) is 0.224. The molecule has 1 aromatic carbocycles. The molecule has 2 amide bonds. The van der Waals surface area contributed by atoms with Crippen LogP contribution in [0.1, 0.15) is 58.9 Å². The van der Waals surface area contributed by atoms with Crippen molar-refractivity contribution >= 4 is 41.2 Å². The lowest BCUT2D eigenvalue weighted by Crippen LogP contribution is -2.46. The monoisotopic (exact) mass is 603 g/mol. The van der Waals surface area contributed by atoms with E-state index in [1.54, 1.807) is 11.0 Å². The first-order valence-electron chi connectivity index (χ1n) is 13.1. The molecule has 0 spiro atoms. The van der Waals surface area contributed by atoms with Gasteiger partial charge in [0, 0.05) is 30.4 Å². The first-order valence-corrected chi connectivity index (χ1v) is 16.6. The molecule has 3 aliphatic rings. The summed E-state index contributed by atoms with van der Waals surface area (Å²) in [6, 6.07) is 3.91. The molecule has 14 nitrogen and oxygen atoms in total. The van der Waals surface area contributed by atoms with Crippen molar-refractivity contribution in [1.29, 1.82) is 0 Å². The Morgan fingerprint density at radius 3 is 2.54 bits per heavy atom. The van der Waals surface area contributed by atoms with Crippen molar-refractivity contribution in [2.24, 2.45) is 5.92 Å². The maximum atomic E-state index is 13.5. The van der Waals surface area contributed by atoms with Gasteiger partial charge in [-0.15, -0.1) is 5.10 Å². The van der Waals surface area contributed by atoms with Gasteiger partial charge >= 0.3 is 9.06 Å². The van der Waals surface area contributed by atoms with Crippen LogP contribution in [-0.4, -0.2) is 78.5 Å². The average Bonchev–Trinajstić information content (AvgIpc) is 3.63. The second-order valence-corrected chi connectivity index (χ2v) is 16.1. The van der Waals surface area contributed by atoms with E-state index in [1.807, 2.05) is 11.6 Å². The molecule has 2 aromatic heterocycles. The van der Waals surface area contributed by atoms with Crippen LogP contribution < -0.4 is 15.8 Å². The highest BCUT2D eigenvalue weighted by Crippen LogP contribution is 2.41. The van der Waals surface area contributed by atoms with Crippen LogP contribution in [-0.2, 0) is 24.5 Å². The van der Waals surface area contributed by atoms with Gasteiger partial charge in [0.25, 0.3) is 20.7 Å². The minimum Gasteiger partial charge on any atom is -0.393 e. The topological polar surface area (TPSA) is 206 Å². The Balaban J connectivity index is 1.47. The molecule has 2 aliphatic carbocycles. The van der Waals surface area contributed by atoms with Crippen molar-refractivity contribution < 1.29 is 31.5 Å². The van der Waals surface area contributed by atoms with Gasteiger partial charge in [0.1, 0.15) is 5.56 Å². The molecule has 2 saturated carbocycles. The number of carbonyl (C=O) groups excluding carboxylic acids is 2. The van der Waals surface area contributed by atoms with E-state index >= 15 is 0 Å². The number of aliphatic hydroxyl groups is 1. The number of amides is 2. The lowest BCUT2D eigenvalue weighted by molar-refractivity contribution is 0.0563. The van der Waals surface area contributed by atoms with E-state index in [2.05, 4.69) is 15.4 Å². The van der Waals surface area contributed by atoms with Gasteiger partial charge in [-0.1, -0.05) is 0 Å². The van der Waals surface area contributed by atoms with Crippen LogP contribution in [0.2, 0.25) is 0 Å². The molecule has 1 atom stereocenters. The standard InChI is InChI=1S/C25H29N7O7S2/c1-12(13-3-4-13)31-11-15-7-14(8-19(20(15)25(31)35)40(36,37)41(38,39)27-2)18-5-6-32-23(29-18)21(22(26)30-32)24(34)28-16-9-17(33)10-16/h5-8,12-13,16-17,27,33H,3-4,9-11H2,1-2H3,(H2,26,30)(H,28,34)/t12-,16?,17?/m0/s1. The summed E-state index contributed by atoms with van der Waals surface area (Å²) < 4.78 is 55.1. The van der Waals surface area contributed by atoms with Crippen LogP contribution in [0.4, 0.5) is 5.82 Å². The van der Waals surface area contributed by atoms with Crippen LogP contribution in [0.15, 0.2) is 29.3 Å². The third-order valence-electron chi connectivity index (χ3n) is 8.09. The molecule has 2 fully saturated rings. The summed E-state index contributed by atoms with van der Waals surface area (Å²) in [4.78, 5) is 32.0. The van der Waals surface area contributed by atoms with Crippen molar-refractivity contribution in [3.05, 3.63) is 41.1 Å². The molecule has 0 saturated heterocycles. The number of benzene rings is 1. The molecule has 0 bridgehead atoms. The van der Waals surface area contributed by atoms with Crippen molar-refractivity contribution in [3.63, 3.8) is 0 Å². The number of aromatic nitrogens is 3. The lowest BCUT2D eigenvalue weighted by atomic mass is 9.89. The molecule has 16 heteroatoms. The summed E-state index contributed by atoms with van der Waals surface area (Å²) >= 11 is 0. The van der Waals surface area contributed by atoms with E-state index in [9.17, 15) is 31.5 Å². The van der Waals surface area contributed by atoms with Crippen LogP contribution in [0.5, 0.6) is 0 Å². The highest BCUT2D eigenvalue weighted by molar-refractivity contribution is 8.66. The zero-order valence-corrected chi connectivity index (χ0v) is 23.9. The molecule has 1 aliphatic heterocycles. The number of nitrogens with one attached hydrogen (secondary N) is 2. The molecular formula is C25H29N7O7S2. The van der Waals surface area contributed by atoms with Gasteiger partial charge < -0.3 is 21.1 Å². The van der Waals surface area contributed by atoms with Crippen molar-refractivity contribution in [2.75, 3.05) is 12.8 Å². The molecule has 3 aromatic rings. The van der Waals surface area contributed by atoms with Gasteiger partial charge in [0.2, 0.25) is 0 Å². The van der Waals surface area contributed by atoms with E-state index in [0.717, 1.165) is 26.0 Å². The van der Waals surface area contributed by atoms with Gasteiger partial charge in [0.05, 0.1) is 22.3 Å². The van der Waals surface area contributed by atoms with Gasteiger partial charge in [-0.05, 0) is 69.3 Å². The Bertz CT molecular complexity index is 1830. The quantitative estimate of drug-likeness (QED) is 0.258. The Labute approximate surface area is 235 Å². The van der Waals surface area contributed by atoms with E-state index in [-0.39, 0.29) is 52.5 Å². The van der Waals surface area contributed by atoms with Gasteiger partial charge in [-0.2, -0.15) is 8.42 Å². The largest absolute Gasteiger partial charge is 0.393 e. The number of carbonyl (C=O) groups is 2. The normalized spacial score (nSPS) is 21.5. The zero-order chi connectivity index (χ0) is 29.4. The summed E-state index contributed by atoms with van der Waals surface area (Å²) in [7, 11) is -8.93. The number of hydrogen-bond donors (Lipinski definition) is 4. The maximum Gasteiger partial charge on any atom is 0.321 e. The molecule has 218 valence electrons. The average molecular weight is 604 g/mol. The smallest absolute Gasteiger partial charge is 0.321 e. The number of aliphatic hydroxyl groups excluding tert-OH is 1. The van der Waals surface area contributed by atoms with E-state index in [0.29, 0.717) is 24.3 Å². The summed E-state index contributed by atoms with van der Waals surface area (Å²) in [5.41, 5.74) is 6.79. The van der Waals surface area contributed by atoms with Gasteiger partial charge in [0.15, 0.2) is 11.5 Å². The Kier molecular flexibility index (Phi) is 6.37. The number of fused-ring (bicyclic) bond motifs is 2. The van der Waals surface area contributed by atoms with E-state index in [4.69, 9.17) is 5.73 Å². The summed E-state index contributed by atoms with van der Waals surface area (Å²) in [5.74, 6) is -0.827. The SMILES string of the molecule is CNS(=O)(=O)S(=O)(=O)c1cc(-c2ccn3nc(N)c(C(=O)NC4CC(O)C4)c3n2)cc2c1C(=O)N([C@@H](C)C1CC1)C2. The molecule has 3 heterocycles. The summed E-state index contributed by atoms with van der Waals surface area (Å²) in [6.07, 6.45) is 3.78. The molecular weight excluding hydrogens is 574 g/mol. The van der Waals surface area contributed by atoms with E-state index < -0.39 is 40.7 Å². The third kappa shape index (κ3) is 4.45. The number of nitrogens with zero attached hydrogens (tertiary/aromatic N) is 4. The van der Waals surface area contributed by atoms with Crippen LogP contribution >= 0.6 is 0 Å². The third-order valence-corrected chi connectivity index (χ3v) is 12.8. The van der Waals surface area contributed by atoms with Gasteiger partial charge in [-0.3, -0.25) is 9.59 Å². The Morgan fingerprint density at radius 2 is 1.90 bits per heavy atom. The fourth-order valence-electron chi connectivity index (χ4n) is 5.46. The second-order valence-electron chi connectivity index (χ2n) is 10.8. The highest BCUT2D eigenvalue weighted by atomic mass is 33.2. The molecule has 0 radical (unpaired) electrons. The molecule has 0 unspecified atom stereocenters. The van der Waals surface area contributed by atoms with Crippen molar-refractivity contribution in [2.45, 2.75) is 62.2 Å². The Hall–Kier alpha value is -3.60. The Morgan fingerprint density at radius 1 is 1.20 bits per heavy atom. The fraction of sp³-hybridized carbons (Fsp3) is 0.440. The van der Waals surface area contributed by atoms with Crippen molar-refractivity contribution in [3.8, 4) is 11.3 Å². The first-order chi connectivity index (χ1) is 19.3. The summed E-state index contributed by atoms with van der Waals surface area (Å²) in [6.45, 7) is 2.02. The van der Waals surface area contributed by atoms with Gasteiger partial charge in [-0.25, -0.2) is 22.6 Å². The van der Waals surface area contributed by atoms with Crippen LogP contribution in [0.25, 0.3) is 16.9 Å². The minimum absolute atomic E-state index is 0.0135. The second kappa shape index (κ2) is 9.47. The highest BCUT2D eigenvalue weighted by Gasteiger charge is 2.44. The molecule has 5 N–H and O–H groups in total. The number of anilines is 1. The molecule has 41 heavy (non-hydrogen) atoms. The minimum atomic E-state index is -5.04. The van der Waals surface area contributed by atoms with Crippen LogP contribution in [0.3, 0.4) is 0 Å². The van der Waals surface area contributed by atoms with E-state index in [1.165, 1.54) is 16.8 Å². The zero-order valence-electron chi connectivity index (χ0n) is 22.2. The first kappa shape index (κ1) is 27.6. The lowest BCUT2D eigenvalue weighted by Gasteiger charge is -2.31. The molecule has 6 rings (SSSR count). The predicted molar refractivity (Wildman–Crippen MR) is 147 cm³/mol. The van der Waals surface area contributed by atoms with Crippen molar-refractivity contribution in [1.82, 2.24) is 29.5 Å².